The van der Waals surface area contributed by atoms with E-state index in [4.69, 9.17) is 4.99 Å². The third-order valence-corrected chi connectivity index (χ3v) is 13.0. The fourth-order valence-corrected chi connectivity index (χ4v) is 10.9. The molecule has 0 bridgehead atoms. The molecule has 7 aliphatic carbocycles. The molecule has 0 radical (unpaired) electrons. The minimum absolute atomic E-state index is 0.106. The molecule has 2 heteroatoms. The summed E-state index contributed by atoms with van der Waals surface area (Å²) in [5, 5.41) is 10.9. The number of nitriles is 1. The van der Waals surface area contributed by atoms with Gasteiger partial charge in [-0.1, -0.05) is 93.4 Å². The summed E-state index contributed by atoms with van der Waals surface area (Å²) in [6.45, 7) is 5.07. The molecule has 218 valence electrons. The van der Waals surface area contributed by atoms with Gasteiger partial charge < -0.3 is 0 Å². The summed E-state index contributed by atoms with van der Waals surface area (Å²) < 4.78 is 0. The molecule has 0 aromatic heterocycles. The van der Waals surface area contributed by atoms with Crippen LogP contribution in [0.1, 0.15) is 90.9 Å². The monoisotopic (exact) mass is 556 g/mol. The molecule has 0 N–H and O–H groups in total. The predicted molar refractivity (Wildman–Crippen MR) is 173 cm³/mol. The number of hydrogen-bond acceptors (Lipinski definition) is 2. The van der Waals surface area contributed by atoms with Crippen molar-refractivity contribution < 1.29 is 0 Å². The highest BCUT2D eigenvalue weighted by molar-refractivity contribution is 6.00. The zero-order valence-corrected chi connectivity index (χ0v) is 25.8. The highest BCUT2D eigenvalue weighted by Gasteiger charge is 2.55. The van der Waals surface area contributed by atoms with Crippen molar-refractivity contribution in [2.24, 2.45) is 57.8 Å². The molecule has 8 atom stereocenters. The van der Waals surface area contributed by atoms with E-state index < -0.39 is 0 Å². The highest BCUT2D eigenvalue weighted by Crippen LogP contribution is 2.64. The second-order valence-corrected chi connectivity index (χ2v) is 15.3. The maximum atomic E-state index is 10.9. The zero-order valence-electron chi connectivity index (χ0n) is 25.8. The van der Waals surface area contributed by atoms with Crippen molar-refractivity contribution in [1.82, 2.24) is 0 Å². The molecule has 1 heterocycles. The van der Waals surface area contributed by atoms with E-state index in [1.165, 1.54) is 73.8 Å². The summed E-state index contributed by atoms with van der Waals surface area (Å²) >= 11 is 0. The van der Waals surface area contributed by atoms with Gasteiger partial charge in [0.25, 0.3) is 0 Å². The Kier molecular flexibility index (Phi) is 6.73. The van der Waals surface area contributed by atoms with Gasteiger partial charge in [0.2, 0.25) is 0 Å². The van der Waals surface area contributed by atoms with E-state index in [0.29, 0.717) is 35.6 Å². The van der Waals surface area contributed by atoms with Crippen molar-refractivity contribution in [2.75, 3.05) is 0 Å². The molecule has 8 aliphatic rings. The van der Waals surface area contributed by atoms with Crippen LogP contribution in [0.5, 0.6) is 0 Å². The van der Waals surface area contributed by atoms with Crippen molar-refractivity contribution in [3.8, 4) is 6.07 Å². The fourth-order valence-electron chi connectivity index (χ4n) is 10.9. The summed E-state index contributed by atoms with van der Waals surface area (Å²) in [5.74, 6) is 3.61. The van der Waals surface area contributed by atoms with Crippen LogP contribution in [-0.4, -0.2) is 11.8 Å². The lowest BCUT2D eigenvalue weighted by Gasteiger charge is -2.41. The second kappa shape index (κ2) is 10.5. The largest absolute Gasteiger partial charge is 0.288 e. The first kappa shape index (κ1) is 26.9. The molecule has 2 nitrogen and oxygen atoms in total. The van der Waals surface area contributed by atoms with E-state index in [0.717, 1.165) is 31.6 Å². The second-order valence-electron chi connectivity index (χ2n) is 15.3. The Labute approximate surface area is 253 Å². The minimum Gasteiger partial charge on any atom is -0.288 e. The summed E-state index contributed by atoms with van der Waals surface area (Å²) in [6, 6.07) is 3.28. The van der Waals surface area contributed by atoms with E-state index in [1.54, 1.807) is 11.1 Å². The van der Waals surface area contributed by atoms with Gasteiger partial charge in [-0.05, 0) is 121 Å². The number of nitrogens with zero attached hydrogens (tertiary/aromatic N) is 2. The topological polar surface area (TPSA) is 36.1 Å². The van der Waals surface area contributed by atoms with Crippen LogP contribution in [0.3, 0.4) is 0 Å². The Hall–Kier alpha value is -2.66. The smallest absolute Gasteiger partial charge is 0.0885 e. The van der Waals surface area contributed by atoms with Crippen LogP contribution < -0.4 is 0 Å². The number of allylic oxidation sites excluding steroid dienone is 14. The maximum absolute atomic E-state index is 10.9. The van der Waals surface area contributed by atoms with Crippen LogP contribution >= 0.6 is 0 Å². The molecule has 1 aliphatic heterocycles. The van der Waals surface area contributed by atoms with Crippen LogP contribution in [0.15, 0.2) is 87.5 Å². The Morgan fingerprint density at radius 1 is 0.952 bits per heavy atom. The third kappa shape index (κ3) is 4.12. The summed E-state index contributed by atoms with van der Waals surface area (Å²) in [7, 11) is 0. The molecule has 2 fully saturated rings. The standard InChI is InChI=1S/C40H48N2/c1-40(2)35-20-12-11-18-28(35)32-21-31-27-17-9-10-19-29(27)38(33(31)22-36(32)40)39-34(24-41)30(25-13-5-3-6-14-25)23-37(42-39)26-15-7-4-8-16-26/h3,5-6,11,13,17-19,22,25-26,28,30,32,34-35,37-38H,4,7-10,12,14-16,20-21,23H2,1-2H3. The molecule has 0 amide bonds. The van der Waals surface area contributed by atoms with Crippen LogP contribution in [0.25, 0.3) is 0 Å². The quantitative estimate of drug-likeness (QED) is 0.319. The maximum Gasteiger partial charge on any atom is 0.0885 e. The van der Waals surface area contributed by atoms with Crippen molar-refractivity contribution in [3.63, 3.8) is 0 Å². The first-order valence-electron chi connectivity index (χ1n) is 17.4. The van der Waals surface area contributed by atoms with Crippen LogP contribution in [0.4, 0.5) is 0 Å². The lowest BCUT2D eigenvalue weighted by Crippen LogP contribution is -2.42. The van der Waals surface area contributed by atoms with E-state index in [1.807, 2.05) is 0 Å². The molecule has 0 saturated heterocycles. The van der Waals surface area contributed by atoms with Crippen molar-refractivity contribution in [2.45, 2.75) is 96.9 Å². The van der Waals surface area contributed by atoms with E-state index in [9.17, 15) is 5.26 Å². The van der Waals surface area contributed by atoms with Crippen molar-refractivity contribution in [3.05, 3.63) is 82.5 Å². The van der Waals surface area contributed by atoms with Gasteiger partial charge >= 0.3 is 0 Å². The Bertz CT molecular complexity index is 1420. The first-order valence-corrected chi connectivity index (χ1v) is 17.4. The molecule has 42 heavy (non-hydrogen) atoms. The Morgan fingerprint density at radius 2 is 1.81 bits per heavy atom. The molecule has 0 aromatic carbocycles. The van der Waals surface area contributed by atoms with E-state index in [2.05, 4.69) is 74.6 Å². The minimum atomic E-state index is -0.106. The highest BCUT2D eigenvalue weighted by atomic mass is 14.9. The number of aliphatic imine (C=N–C) groups is 1. The fraction of sp³-hybridized carbons (Fsp3) is 0.600. The summed E-state index contributed by atoms with van der Waals surface area (Å²) in [5.41, 5.74) is 9.31. The van der Waals surface area contributed by atoms with Crippen molar-refractivity contribution >= 4 is 5.71 Å². The van der Waals surface area contributed by atoms with E-state index >= 15 is 0 Å². The molecule has 0 aromatic rings. The lowest BCUT2D eigenvalue weighted by atomic mass is 9.65. The zero-order chi connectivity index (χ0) is 28.4. The van der Waals surface area contributed by atoms with Gasteiger partial charge in [0.05, 0.1) is 18.0 Å². The lowest BCUT2D eigenvalue weighted by molar-refractivity contribution is 0.221. The number of fused-ring (bicyclic) bond motifs is 5. The molecule has 0 spiro atoms. The summed E-state index contributed by atoms with van der Waals surface area (Å²) in [4.78, 5) is 5.77. The van der Waals surface area contributed by atoms with Gasteiger partial charge in [-0.3, -0.25) is 4.99 Å². The molecule has 8 unspecified atom stereocenters. The Morgan fingerprint density at radius 3 is 2.62 bits per heavy atom. The predicted octanol–water partition coefficient (Wildman–Crippen LogP) is 9.81. The van der Waals surface area contributed by atoms with E-state index in [-0.39, 0.29) is 17.3 Å². The van der Waals surface area contributed by atoms with Crippen LogP contribution in [0, 0.1) is 64.1 Å². The van der Waals surface area contributed by atoms with Crippen LogP contribution in [0.2, 0.25) is 0 Å². The summed E-state index contributed by atoms with van der Waals surface area (Å²) in [6.07, 6.45) is 36.8. The SMILES string of the molecule is CC1(C)C2=CC3=C(CC2C2C=CCCC21)C1=CCCC=C1C3C1=NC(C2CCCCC2)CC(C2C=CC=CC2)C1C#N. The third-order valence-electron chi connectivity index (χ3n) is 13.0. The number of hydrogen-bond donors (Lipinski definition) is 0. The van der Waals surface area contributed by atoms with Gasteiger partial charge in [-0.25, -0.2) is 0 Å². The molecule has 8 rings (SSSR count). The van der Waals surface area contributed by atoms with Crippen LogP contribution in [-0.2, 0) is 0 Å². The van der Waals surface area contributed by atoms with Gasteiger partial charge in [0, 0.05) is 11.6 Å². The van der Waals surface area contributed by atoms with Gasteiger partial charge in [-0.15, -0.1) is 0 Å². The van der Waals surface area contributed by atoms with Gasteiger partial charge in [-0.2, -0.15) is 5.26 Å². The average molecular weight is 557 g/mol. The molecular weight excluding hydrogens is 508 g/mol. The molecular formula is C40H48N2. The normalized spacial score (nSPS) is 40.2. The average Bonchev–Trinajstić information content (AvgIpc) is 3.48. The van der Waals surface area contributed by atoms with Crippen molar-refractivity contribution in [1.29, 1.82) is 5.26 Å². The first-order chi connectivity index (χ1) is 20.6. The van der Waals surface area contributed by atoms with Gasteiger partial charge in [0.15, 0.2) is 0 Å². The Balaban J connectivity index is 1.25. The molecule has 2 saturated carbocycles. The number of rotatable bonds is 3. The van der Waals surface area contributed by atoms with Gasteiger partial charge in [0.1, 0.15) is 0 Å².